The zero-order valence-electron chi connectivity index (χ0n) is 14.3. The van der Waals surface area contributed by atoms with Crippen LogP contribution in [-0.4, -0.2) is 26.3 Å². The Morgan fingerprint density at radius 2 is 1.80 bits per heavy atom. The molecule has 0 amide bonds. The minimum Gasteiger partial charge on any atom is -0.497 e. The summed E-state index contributed by atoms with van der Waals surface area (Å²) in [7, 11) is 1.61. The van der Waals surface area contributed by atoms with Crippen molar-refractivity contribution in [1.82, 2.24) is 0 Å². The Kier molecular flexibility index (Phi) is 5.23. The highest BCUT2D eigenvalue weighted by Crippen LogP contribution is 2.23. The van der Waals surface area contributed by atoms with Crippen LogP contribution >= 0.6 is 0 Å². The lowest BCUT2D eigenvalue weighted by Crippen LogP contribution is -2.13. The molecule has 0 spiro atoms. The van der Waals surface area contributed by atoms with Gasteiger partial charge < -0.3 is 18.6 Å². The first-order chi connectivity index (χ1) is 12.2. The smallest absolute Gasteiger partial charge is 0.310 e. The van der Waals surface area contributed by atoms with E-state index >= 15 is 0 Å². The monoisotopic (exact) mass is 340 g/mol. The number of methoxy groups -OCH3 is 1. The van der Waals surface area contributed by atoms with Gasteiger partial charge in [0.15, 0.2) is 0 Å². The Hall–Kier alpha value is -2.95. The molecule has 0 saturated carbocycles. The molecule has 2 aromatic carbocycles. The van der Waals surface area contributed by atoms with Gasteiger partial charge in [0, 0.05) is 10.9 Å². The van der Waals surface area contributed by atoms with Gasteiger partial charge in [-0.2, -0.15) is 0 Å². The Balaban J connectivity index is 1.46. The number of furan rings is 1. The number of carbonyl (C=O) groups excluding carboxylic acids is 1. The normalized spacial score (nSPS) is 10.6. The molecule has 1 aromatic heterocycles. The molecule has 0 saturated heterocycles. The quantitative estimate of drug-likeness (QED) is 0.482. The summed E-state index contributed by atoms with van der Waals surface area (Å²) in [6, 6.07) is 13.1. The number of hydrogen-bond donors (Lipinski definition) is 0. The molecule has 0 N–H and O–H groups in total. The summed E-state index contributed by atoms with van der Waals surface area (Å²) in [4.78, 5) is 12.0. The van der Waals surface area contributed by atoms with Crippen molar-refractivity contribution in [3.05, 3.63) is 59.9 Å². The first-order valence-corrected chi connectivity index (χ1v) is 8.05. The van der Waals surface area contributed by atoms with Crippen molar-refractivity contribution >= 4 is 16.9 Å². The fourth-order valence-corrected chi connectivity index (χ4v) is 2.52. The topological polar surface area (TPSA) is 57.9 Å². The molecule has 0 aliphatic rings. The van der Waals surface area contributed by atoms with Gasteiger partial charge in [0.2, 0.25) is 0 Å². The van der Waals surface area contributed by atoms with Crippen LogP contribution in [0.3, 0.4) is 0 Å². The van der Waals surface area contributed by atoms with Crippen LogP contribution in [0.2, 0.25) is 0 Å². The molecule has 5 heteroatoms. The van der Waals surface area contributed by atoms with Crippen LogP contribution in [0.4, 0.5) is 0 Å². The summed E-state index contributed by atoms with van der Waals surface area (Å²) in [5.41, 5.74) is 2.73. The van der Waals surface area contributed by atoms with Crippen molar-refractivity contribution in [1.29, 1.82) is 0 Å². The van der Waals surface area contributed by atoms with Crippen LogP contribution < -0.4 is 9.47 Å². The average molecular weight is 340 g/mol. The minimum atomic E-state index is -0.304. The van der Waals surface area contributed by atoms with Crippen LogP contribution in [0.5, 0.6) is 11.5 Å². The molecule has 25 heavy (non-hydrogen) atoms. The second-order valence-corrected chi connectivity index (χ2v) is 5.68. The maximum absolute atomic E-state index is 12.0. The first-order valence-electron chi connectivity index (χ1n) is 8.05. The summed E-state index contributed by atoms with van der Waals surface area (Å²) < 4.78 is 21.3. The van der Waals surface area contributed by atoms with Gasteiger partial charge in [-0.3, -0.25) is 4.79 Å². The van der Waals surface area contributed by atoms with E-state index in [0.717, 1.165) is 27.8 Å². The zero-order chi connectivity index (χ0) is 17.6. The second-order valence-electron chi connectivity index (χ2n) is 5.68. The Morgan fingerprint density at radius 1 is 1.04 bits per heavy atom. The Morgan fingerprint density at radius 3 is 2.56 bits per heavy atom. The largest absolute Gasteiger partial charge is 0.497 e. The summed E-state index contributed by atoms with van der Waals surface area (Å²) in [5, 5.41) is 0.942. The fraction of sp³-hybridized carbons (Fsp3) is 0.250. The van der Waals surface area contributed by atoms with E-state index in [1.165, 1.54) is 0 Å². The molecule has 0 atom stereocenters. The molecule has 3 aromatic rings. The SMILES string of the molecule is COc1ccc(OCCOC(=O)Cc2coc3cc(C)ccc23)cc1. The highest BCUT2D eigenvalue weighted by molar-refractivity contribution is 5.86. The highest BCUT2D eigenvalue weighted by Gasteiger charge is 2.11. The molecule has 0 aliphatic heterocycles. The Labute approximate surface area is 146 Å². The van der Waals surface area contributed by atoms with Gasteiger partial charge in [0.05, 0.1) is 19.8 Å². The molecule has 0 aliphatic carbocycles. The number of benzene rings is 2. The van der Waals surface area contributed by atoms with Crippen molar-refractivity contribution in [3.8, 4) is 11.5 Å². The third kappa shape index (κ3) is 4.32. The van der Waals surface area contributed by atoms with Crippen molar-refractivity contribution in [2.24, 2.45) is 0 Å². The third-order valence-corrected chi connectivity index (χ3v) is 3.82. The van der Waals surface area contributed by atoms with E-state index in [-0.39, 0.29) is 19.0 Å². The van der Waals surface area contributed by atoms with Crippen LogP contribution in [0, 0.1) is 6.92 Å². The lowest BCUT2D eigenvalue weighted by molar-refractivity contribution is -0.143. The molecule has 1 heterocycles. The minimum absolute atomic E-state index is 0.179. The van der Waals surface area contributed by atoms with Crippen LogP contribution in [-0.2, 0) is 16.0 Å². The molecule has 130 valence electrons. The standard InChI is InChI=1S/C20H20O5/c1-14-3-8-18-15(13-25-19(18)11-14)12-20(21)24-10-9-23-17-6-4-16(22-2)5-7-17/h3-8,11,13H,9-10,12H2,1-2H3. The van der Waals surface area contributed by atoms with Crippen molar-refractivity contribution in [2.45, 2.75) is 13.3 Å². The number of rotatable bonds is 7. The summed E-state index contributed by atoms with van der Waals surface area (Å²) in [5.74, 6) is 1.16. The molecular weight excluding hydrogens is 320 g/mol. The second kappa shape index (κ2) is 7.75. The lowest BCUT2D eigenvalue weighted by Gasteiger charge is -2.08. The van der Waals surface area contributed by atoms with E-state index in [9.17, 15) is 4.79 Å². The van der Waals surface area contributed by atoms with E-state index in [0.29, 0.717) is 12.4 Å². The Bertz CT molecular complexity index is 848. The number of fused-ring (bicyclic) bond motifs is 1. The van der Waals surface area contributed by atoms with Gasteiger partial charge in [0.1, 0.15) is 30.3 Å². The van der Waals surface area contributed by atoms with Crippen molar-refractivity contribution in [2.75, 3.05) is 20.3 Å². The predicted octanol–water partition coefficient (Wildman–Crippen LogP) is 3.91. The van der Waals surface area contributed by atoms with Gasteiger partial charge in [-0.15, -0.1) is 0 Å². The number of aryl methyl sites for hydroxylation is 1. The molecule has 5 nitrogen and oxygen atoms in total. The summed E-state index contributed by atoms with van der Waals surface area (Å²) >= 11 is 0. The van der Waals surface area contributed by atoms with Crippen LogP contribution in [0.25, 0.3) is 11.0 Å². The molecule has 0 radical (unpaired) electrons. The fourth-order valence-electron chi connectivity index (χ4n) is 2.52. The van der Waals surface area contributed by atoms with Crippen molar-refractivity contribution < 1.29 is 23.4 Å². The molecule has 3 rings (SSSR count). The number of hydrogen-bond acceptors (Lipinski definition) is 5. The molecular formula is C20H20O5. The molecule has 0 fully saturated rings. The third-order valence-electron chi connectivity index (χ3n) is 3.82. The molecule has 0 bridgehead atoms. The molecule has 0 unspecified atom stereocenters. The van der Waals surface area contributed by atoms with E-state index in [2.05, 4.69) is 0 Å². The van der Waals surface area contributed by atoms with E-state index in [1.54, 1.807) is 25.5 Å². The van der Waals surface area contributed by atoms with E-state index in [1.807, 2.05) is 37.3 Å². The maximum Gasteiger partial charge on any atom is 0.310 e. The van der Waals surface area contributed by atoms with Gasteiger partial charge in [-0.05, 0) is 42.8 Å². The number of ether oxygens (including phenoxy) is 3. The van der Waals surface area contributed by atoms with Gasteiger partial charge in [-0.1, -0.05) is 12.1 Å². The zero-order valence-corrected chi connectivity index (χ0v) is 14.3. The summed E-state index contributed by atoms with van der Waals surface area (Å²) in [6.45, 7) is 2.49. The van der Waals surface area contributed by atoms with E-state index < -0.39 is 0 Å². The predicted molar refractivity (Wildman–Crippen MR) is 94.1 cm³/mol. The van der Waals surface area contributed by atoms with Gasteiger partial charge >= 0.3 is 5.97 Å². The van der Waals surface area contributed by atoms with E-state index in [4.69, 9.17) is 18.6 Å². The van der Waals surface area contributed by atoms with Gasteiger partial charge in [0.25, 0.3) is 0 Å². The van der Waals surface area contributed by atoms with Crippen LogP contribution in [0.1, 0.15) is 11.1 Å². The van der Waals surface area contributed by atoms with Gasteiger partial charge in [-0.25, -0.2) is 0 Å². The first kappa shape index (κ1) is 16.9. The van der Waals surface area contributed by atoms with Crippen LogP contribution in [0.15, 0.2) is 53.1 Å². The number of esters is 1. The maximum atomic E-state index is 12.0. The van der Waals surface area contributed by atoms with Crippen molar-refractivity contribution in [3.63, 3.8) is 0 Å². The average Bonchev–Trinajstić information content (AvgIpc) is 3.01. The highest BCUT2D eigenvalue weighted by atomic mass is 16.6. The lowest BCUT2D eigenvalue weighted by atomic mass is 10.1. The number of carbonyl (C=O) groups is 1. The summed E-state index contributed by atoms with van der Waals surface area (Å²) in [6.07, 6.45) is 1.79.